The van der Waals surface area contributed by atoms with Gasteiger partial charge in [0.25, 0.3) is 0 Å². The van der Waals surface area contributed by atoms with Crippen molar-refractivity contribution in [2.45, 2.75) is 26.2 Å². The zero-order chi connectivity index (χ0) is 13.3. The highest BCUT2D eigenvalue weighted by Gasteiger charge is 2.17. The molecule has 0 spiro atoms. The summed E-state index contributed by atoms with van der Waals surface area (Å²) in [5.74, 6) is -0.778. The first-order valence-electron chi connectivity index (χ1n) is 5.41. The molecule has 0 saturated heterocycles. The minimum atomic E-state index is -3.27. The van der Waals surface area contributed by atoms with Crippen LogP contribution in [0.2, 0.25) is 0 Å². The molecule has 0 radical (unpaired) electrons. The normalized spacial score (nSPS) is 12.5. The maximum Gasteiger partial charge on any atom is 0.177 e. The zero-order valence-corrected chi connectivity index (χ0v) is 11.5. The number of hydrogen-bond acceptors (Lipinski definition) is 3. The summed E-state index contributed by atoms with van der Waals surface area (Å²) in [4.78, 5) is 11.8. The van der Waals surface area contributed by atoms with E-state index in [1.54, 1.807) is 18.2 Å². The highest BCUT2D eigenvalue weighted by molar-refractivity contribution is 7.91. The molecule has 17 heavy (non-hydrogen) atoms. The molecule has 0 bridgehead atoms. The van der Waals surface area contributed by atoms with Gasteiger partial charge >= 0.3 is 0 Å². The number of carbonyl (C=O) groups excluding carboxylic acids is 1. The highest BCUT2D eigenvalue weighted by atomic mass is 32.2. The topological polar surface area (TPSA) is 51.2 Å². The zero-order valence-electron chi connectivity index (χ0n) is 10.6. The maximum absolute atomic E-state index is 11.8. The second-order valence-corrected chi connectivity index (χ2v) is 7.46. The fourth-order valence-electron chi connectivity index (χ4n) is 1.48. The molecule has 0 heterocycles. The van der Waals surface area contributed by atoms with Gasteiger partial charge in [-0.1, -0.05) is 39.0 Å². The Kier molecular flexibility index (Phi) is 3.77. The molecule has 4 heteroatoms. The summed E-state index contributed by atoms with van der Waals surface area (Å²) < 4.78 is 22.2. The van der Waals surface area contributed by atoms with Crippen molar-refractivity contribution in [3.63, 3.8) is 0 Å². The Labute approximate surface area is 103 Å². The molecule has 1 rings (SSSR count). The summed E-state index contributed by atoms with van der Waals surface area (Å²) in [5.41, 5.74) is 1.43. The van der Waals surface area contributed by atoms with Crippen LogP contribution in [0.3, 0.4) is 0 Å². The molecule has 0 saturated carbocycles. The number of benzene rings is 1. The van der Waals surface area contributed by atoms with Gasteiger partial charge in [-0.25, -0.2) is 8.42 Å². The third-order valence-electron chi connectivity index (χ3n) is 2.44. The van der Waals surface area contributed by atoms with Gasteiger partial charge in [-0.05, 0) is 17.0 Å². The summed E-state index contributed by atoms with van der Waals surface area (Å²) in [6.07, 6.45) is 1.07. The van der Waals surface area contributed by atoms with Crippen molar-refractivity contribution in [2.75, 3.05) is 12.0 Å². The number of rotatable bonds is 3. The minimum Gasteiger partial charge on any atom is -0.293 e. The molecule has 3 nitrogen and oxygen atoms in total. The standard InChI is InChI=1S/C13H18O3S/c1-13(2,3)11-7-5-6-10(8-11)12(14)9-17(4,15)16/h5-8H,9H2,1-4H3. The molecule has 1 aromatic rings. The van der Waals surface area contributed by atoms with Gasteiger partial charge in [0.15, 0.2) is 15.6 Å². The second-order valence-electron chi connectivity index (χ2n) is 5.32. The number of carbonyl (C=O) groups is 1. The van der Waals surface area contributed by atoms with E-state index in [0.29, 0.717) is 5.56 Å². The Balaban J connectivity index is 3.05. The Morgan fingerprint density at radius 2 is 1.82 bits per heavy atom. The van der Waals surface area contributed by atoms with Crippen LogP contribution in [-0.2, 0) is 15.3 Å². The molecular formula is C13H18O3S. The Morgan fingerprint density at radius 1 is 1.24 bits per heavy atom. The lowest BCUT2D eigenvalue weighted by atomic mass is 9.86. The van der Waals surface area contributed by atoms with E-state index in [0.717, 1.165) is 11.8 Å². The summed E-state index contributed by atoms with van der Waals surface area (Å²) in [6, 6.07) is 7.16. The summed E-state index contributed by atoms with van der Waals surface area (Å²) >= 11 is 0. The first-order valence-corrected chi connectivity index (χ1v) is 7.47. The molecule has 0 unspecified atom stereocenters. The van der Waals surface area contributed by atoms with Crippen LogP contribution in [0.15, 0.2) is 24.3 Å². The first kappa shape index (κ1) is 13.9. The molecule has 0 aliphatic rings. The predicted molar refractivity (Wildman–Crippen MR) is 69.2 cm³/mol. The summed E-state index contributed by atoms with van der Waals surface area (Å²) in [5, 5.41) is 0. The average Bonchev–Trinajstić information content (AvgIpc) is 2.14. The average molecular weight is 254 g/mol. The maximum atomic E-state index is 11.8. The van der Waals surface area contributed by atoms with E-state index >= 15 is 0 Å². The molecular weight excluding hydrogens is 236 g/mol. The van der Waals surface area contributed by atoms with Crippen molar-refractivity contribution in [1.82, 2.24) is 0 Å². The van der Waals surface area contributed by atoms with Crippen molar-refractivity contribution in [2.24, 2.45) is 0 Å². The van der Waals surface area contributed by atoms with Crippen molar-refractivity contribution >= 4 is 15.6 Å². The van der Waals surface area contributed by atoms with Gasteiger partial charge in [0.05, 0.1) is 0 Å². The van der Waals surface area contributed by atoms with Gasteiger partial charge in [-0.3, -0.25) is 4.79 Å². The molecule has 0 N–H and O–H groups in total. The van der Waals surface area contributed by atoms with Gasteiger partial charge in [0, 0.05) is 11.8 Å². The number of ketones is 1. The van der Waals surface area contributed by atoms with E-state index in [4.69, 9.17) is 0 Å². The number of Topliss-reactive ketones (excluding diaryl/α,β-unsaturated/α-hetero) is 1. The van der Waals surface area contributed by atoms with Crippen LogP contribution in [0.1, 0.15) is 36.7 Å². The minimum absolute atomic E-state index is 0.0542. The van der Waals surface area contributed by atoms with Gasteiger partial charge < -0.3 is 0 Å². The monoisotopic (exact) mass is 254 g/mol. The fourth-order valence-corrected chi connectivity index (χ4v) is 2.12. The van der Waals surface area contributed by atoms with Gasteiger partial charge in [0.2, 0.25) is 0 Å². The molecule has 0 aliphatic carbocycles. The third-order valence-corrected chi connectivity index (χ3v) is 3.23. The van der Waals surface area contributed by atoms with E-state index in [-0.39, 0.29) is 11.2 Å². The molecule has 0 aliphatic heterocycles. The SMILES string of the molecule is CC(C)(C)c1cccc(C(=O)CS(C)(=O)=O)c1. The van der Waals surface area contributed by atoms with Gasteiger partial charge in [0.1, 0.15) is 5.75 Å². The van der Waals surface area contributed by atoms with Crippen LogP contribution in [0.25, 0.3) is 0 Å². The lowest BCUT2D eigenvalue weighted by Crippen LogP contribution is -2.16. The van der Waals surface area contributed by atoms with E-state index in [1.807, 2.05) is 26.8 Å². The van der Waals surface area contributed by atoms with Crippen LogP contribution < -0.4 is 0 Å². The molecule has 94 valence electrons. The number of hydrogen-bond donors (Lipinski definition) is 0. The van der Waals surface area contributed by atoms with E-state index in [2.05, 4.69) is 0 Å². The van der Waals surface area contributed by atoms with E-state index in [9.17, 15) is 13.2 Å². The highest BCUT2D eigenvalue weighted by Crippen LogP contribution is 2.23. The van der Waals surface area contributed by atoms with Crippen LogP contribution in [-0.4, -0.2) is 26.2 Å². The molecule has 0 atom stereocenters. The van der Waals surface area contributed by atoms with E-state index < -0.39 is 15.6 Å². The van der Waals surface area contributed by atoms with Gasteiger partial charge in [-0.15, -0.1) is 0 Å². The fraction of sp³-hybridized carbons (Fsp3) is 0.462. The van der Waals surface area contributed by atoms with Crippen LogP contribution in [0.5, 0.6) is 0 Å². The quantitative estimate of drug-likeness (QED) is 0.777. The Bertz CT molecular complexity index is 522. The smallest absolute Gasteiger partial charge is 0.177 e. The largest absolute Gasteiger partial charge is 0.293 e. The van der Waals surface area contributed by atoms with Crippen LogP contribution in [0, 0.1) is 0 Å². The van der Waals surface area contributed by atoms with Crippen LogP contribution in [0.4, 0.5) is 0 Å². The molecule has 0 amide bonds. The first-order chi connectivity index (χ1) is 7.59. The lowest BCUT2D eigenvalue weighted by Gasteiger charge is -2.19. The predicted octanol–water partition coefficient (Wildman–Crippen LogP) is 2.21. The van der Waals surface area contributed by atoms with Crippen molar-refractivity contribution in [3.8, 4) is 0 Å². The summed E-state index contributed by atoms with van der Waals surface area (Å²) in [6.45, 7) is 6.15. The third kappa shape index (κ3) is 4.30. The Hall–Kier alpha value is -1.16. The molecule has 1 aromatic carbocycles. The van der Waals surface area contributed by atoms with Crippen molar-refractivity contribution in [1.29, 1.82) is 0 Å². The molecule has 0 aromatic heterocycles. The van der Waals surface area contributed by atoms with Crippen molar-refractivity contribution < 1.29 is 13.2 Å². The summed E-state index contributed by atoms with van der Waals surface area (Å²) in [7, 11) is -3.27. The Morgan fingerprint density at radius 3 is 2.29 bits per heavy atom. The van der Waals surface area contributed by atoms with E-state index in [1.165, 1.54) is 0 Å². The van der Waals surface area contributed by atoms with Crippen LogP contribution >= 0.6 is 0 Å². The lowest BCUT2D eigenvalue weighted by molar-refractivity contribution is 0.102. The second kappa shape index (κ2) is 4.61. The van der Waals surface area contributed by atoms with Gasteiger partial charge in [-0.2, -0.15) is 0 Å². The van der Waals surface area contributed by atoms with Crippen molar-refractivity contribution in [3.05, 3.63) is 35.4 Å². The number of sulfone groups is 1. The molecule has 0 fully saturated rings.